The summed E-state index contributed by atoms with van der Waals surface area (Å²) in [7, 11) is 0. The predicted molar refractivity (Wildman–Crippen MR) is 227 cm³/mol. The molecule has 8 heteroatoms. The van der Waals surface area contributed by atoms with Crippen LogP contribution in [0.5, 0.6) is 0 Å². The largest absolute Gasteiger partial charge is 0.208 e. The fourth-order valence-electron chi connectivity index (χ4n) is 6.41. The molecule has 9 aromatic rings. The van der Waals surface area contributed by atoms with E-state index < -0.39 is 0 Å². The smallest absolute Gasteiger partial charge is 0.164 e. The molecule has 0 N–H and O–H groups in total. The van der Waals surface area contributed by atoms with Crippen LogP contribution < -0.4 is 0 Å². The predicted octanol–water partition coefficient (Wildman–Crippen LogP) is 11.7. The zero-order valence-corrected chi connectivity index (χ0v) is 31.3. The number of aromatic nitrogens is 6. The van der Waals surface area contributed by atoms with Gasteiger partial charge in [-0.15, -0.1) is 0 Å². The fourth-order valence-corrected chi connectivity index (χ4v) is 7.29. The van der Waals surface area contributed by atoms with Crippen LogP contribution in [0.1, 0.15) is 5.56 Å². The van der Waals surface area contributed by atoms with Crippen LogP contribution in [-0.2, 0) is 0 Å². The summed E-state index contributed by atoms with van der Waals surface area (Å²) >= 11 is 1.66. The molecule has 0 spiro atoms. The molecule has 7 nitrogen and oxygen atoms in total. The van der Waals surface area contributed by atoms with Crippen LogP contribution in [-0.4, -0.2) is 29.9 Å². The van der Waals surface area contributed by atoms with Crippen molar-refractivity contribution in [2.75, 3.05) is 0 Å². The number of benzene rings is 7. The summed E-state index contributed by atoms with van der Waals surface area (Å²) in [5.74, 6) is 3.49. The van der Waals surface area contributed by atoms with Gasteiger partial charge in [-0.05, 0) is 53.6 Å². The van der Waals surface area contributed by atoms with E-state index in [9.17, 15) is 5.26 Å². The Morgan fingerprint density at radius 3 is 1.12 bits per heavy atom. The van der Waals surface area contributed by atoms with E-state index in [2.05, 4.69) is 42.5 Å². The zero-order valence-electron chi connectivity index (χ0n) is 30.4. The summed E-state index contributed by atoms with van der Waals surface area (Å²) in [6, 6.07) is 64.4. The lowest BCUT2D eigenvalue weighted by Gasteiger charge is -2.11. The van der Waals surface area contributed by atoms with Gasteiger partial charge in [-0.25, -0.2) is 29.9 Å². The molecule has 0 unspecified atom stereocenters. The Morgan fingerprint density at radius 2 is 0.684 bits per heavy atom. The molecular weight excluding hydrogens is 719 g/mol. The molecule has 0 atom stereocenters. The van der Waals surface area contributed by atoms with Gasteiger partial charge in [-0.2, -0.15) is 5.26 Å². The second-order valence-electron chi connectivity index (χ2n) is 13.1. The van der Waals surface area contributed by atoms with Crippen molar-refractivity contribution < 1.29 is 0 Å². The van der Waals surface area contributed by atoms with Crippen LogP contribution in [0.4, 0.5) is 0 Å². The maximum absolute atomic E-state index is 10.1. The molecule has 2 aromatic heterocycles. The first-order valence-electron chi connectivity index (χ1n) is 18.3. The number of nitrogens with zero attached hydrogens (tertiary/aromatic N) is 7. The molecule has 0 aliphatic rings. The molecule has 57 heavy (non-hydrogen) atoms. The van der Waals surface area contributed by atoms with Crippen LogP contribution in [0.3, 0.4) is 0 Å². The van der Waals surface area contributed by atoms with Gasteiger partial charge in [0.05, 0.1) is 11.6 Å². The van der Waals surface area contributed by atoms with Crippen LogP contribution in [0.25, 0.3) is 79.5 Å². The minimum Gasteiger partial charge on any atom is -0.208 e. The monoisotopic (exact) mass is 749 g/mol. The van der Waals surface area contributed by atoms with Gasteiger partial charge in [-0.1, -0.05) is 157 Å². The maximum atomic E-state index is 10.1. The molecule has 0 saturated carbocycles. The highest BCUT2D eigenvalue weighted by atomic mass is 32.2. The van der Waals surface area contributed by atoms with Crippen molar-refractivity contribution in [2.24, 2.45) is 0 Å². The quantitative estimate of drug-likeness (QED) is 0.144. The molecule has 0 fully saturated rings. The molecule has 2 heterocycles. The third kappa shape index (κ3) is 7.96. The lowest BCUT2D eigenvalue weighted by Crippen LogP contribution is -2.00. The van der Waals surface area contributed by atoms with Gasteiger partial charge in [-0.3, -0.25) is 0 Å². The van der Waals surface area contributed by atoms with Gasteiger partial charge in [0.1, 0.15) is 0 Å². The molecule has 0 aliphatic carbocycles. The molecule has 0 bridgehead atoms. The molecule has 0 amide bonds. The fraction of sp³-hybridized carbons (Fsp3) is 0. The minimum absolute atomic E-state index is 0.498. The first-order valence-corrected chi connectivity index (χ1v) is 19.1. The first kappa shape index (κ1) is 35.1. The normalized spacial score (nSPS) is 10.9. The zero-order chi connectivity index (χ0) is 38.4. The SMILES string of the molecule is N#Cc1cc(-c2ccc(Sc3cccc(-c4nc(-c5ccccc5)nc(-c5ccccc5)n4)c3)cc2)cc(-c2nc(-c3ccccc3)nc(-c3ccccc3)n2)c1. The van der Waals surface area contributed by atoms with Gasteiger partial charge >= 0.3 is 0 Å². The van der Waals surface area contributed by atoms with Gasteiger partial charge < -0.3 is 0 Å². The molecule has 0 radical (unpaired) electrons. The van der Waals surface area contributed by atoms with Crippen molar-refractivity contribution >= 4 is 11.8 Å². The second-order valence-corrected chi connectivity index (χ2v) is 14.3. The van der Waals surface area contributed by atoms with Crippen LogP contribution in [0.2, 0.25) is 0 Å². The summed E-state index contributed by atoms with van der Waals surface area (Å²) in [6.07, 6.45) is 0. The third-order valence-corrected chi connectivity index (χ3v) is 10.2. The molecule has 7 aromatic carbocycles. The first-order chi connectivity index (χ1) is 28.1. The summed E-state index contributed by atoms with van der Waals surface area (Å²) in [5.41, 5.74) is 7.65. The minimum atomic E-state index is 0.498. The van der Waals surface area contributed by atoms with Gasteiger partial charge in [0.2, 0.25) is 0 Å². The van der Waals surface area contributed by atoms with E-state index in [-0.39, 0.29) is 0 Å². The van der Waals surface area contributed by atoms with E-state index in [1.807, 2.05) is 152 Å². The van der Waals surface area contributed by atoms with Crippen LogP contribution in [0.15, 0.2) is 198 Å². The Morgan fingerprint density at radius 1 is 0.298 bits per heavy atom. The lowest BCUT2D eigenvalue weighted by atomic mass is 9.99. The average molecular weight is 750 g/mol. The molecule has 0 aliphatic heterocycles. The van der Waals surface area contributed by atoms with E-state index in [4.69, 9.17) is 29.9 Å². The van der Waals surface area contributed by atoms with Gasteiger partial charge in [0.25, 0.3) is 0 Å². The Hall–Kier alpha value is -7.60. The van der Waals surface area contributed by atoms with Gasteiger partial charge in [0, 0.05) is 43.2 Å². The number of nitriles is 1. The topological polar surface area (TPSA) is 101 Å². The summed E-state index contributed by atoms with van der Waals surface area (Å²) < 4.78 is 0. The molecular formula is C49H31N7S. The molecule has 9 rings (SSSR count). The Bertz CT molecular complexity index is 2750. The molecule has 268 valence electrons. The molecule has 0 saturated heterocycles. The Kier molecular flexibility index (Phi) is 9.87. The lowest BCUT2D eigenvalue weighted by molar-refractivity contribution is 1.07. The standard InChI is InChI=1S/C49H31N7S/c50-32-33-28-40(30-41(29-33)49-55-46(37-18-9-3-10-19-37)52-47(56-49)38-20-11-4-12-21-38)34-24-26-42(27-25-34)57-43-23-13-22-39(31-43)48-53-44(35-14-5-1-6-15-35)51-45(54-48)36-16-7-2-8-17-36/h1-31H. The number of hydrogen-bond donors (Lipinski definition) is 0. The van der Waals surface area contributed by atoms with E-state index in [0.29, 0.717) is 40.5 Å². The Labute approximate surface area is 334 Å². The summed E-state index contributed by atoms with van der Waals surface area (Å²) in [4.78, 5) is 31.4. The van der Waals surface area contributed by atoms with Crippen molar-refractivity contribution in [1.29, 1.82) is 5.26 Å². The van der Waals surface area contributed by atoms with Crippen molar-refractivity contribution in [1.82, 2.24) is 29.9 Å². The summed E-state index contributed by atoms with van der Waals surface area (Å²) in [6.45, 7) is 0. The van der Waals surface area contributed by atoms with E-state index >= 15 is 0 Å². The van der Waals surface area contributed by atoms with E-state index in [0.717, 1.165) is 54.3 Å². The third-order valence-electron chi connectivity index (χ3n) is 9.23. The van der Waals surface area contributed by atoms with Crippen molar-refractivity contribution in [3.8, 4) is 85.5 Å². The highest BCUT2D eigenvalue weighted by Crippen LogP contribution is 2.34. The van der Waals surface area contributed by atoms with Crippen molar-refractivity contribution in [3.63, 3.8) is 0 Å². The maximum Gasteiger partial charge on any atom is 0.164 e. The summed E-state index contributed by atoms with van der Waals surface area (Å²) in [5, 5.41) is 10.1. The van der Waals surface area contributed by atoms with E-state index in [1.165, 1.54) is 0 Å². The Balaban J connectivity index is 1.02. The van der Waals surface area contributed by atoms with Crippen molar-refractivity contribution in [2.45, 2.75) is 9.79 Å². The van der Waals surface area contributed by atoms with E-state index in [1.54, 1.807) is 11.8 Å². The van der Waals surface area contributed by atoms with Crippen molar-refractivity contribution in [3.05, 3.63) is 194 Å². The average Bonchev–Trinajstić information content (AvgIpc) is 3.30. The highest BCUT2D eigenvalue weighted by molar-refractivity contribution is 7.99. The number of hydrogen-bond acceptors (Lipinski definition) is 8. The van der Waals surface area contributed by atoms with Crippen LogP contribution in [0, 0.1) is 11.3 Å². The van der Waals surface area contributed by atoms with Crippen LogP contribution >= 0.6 is 11.8 Å². The number of rotatable bonds is 9. The highest BCUT2D eigenvalue weighted by Gasteiger charge is 2.16. The second kappa shape index (κ2) is 16.0. The van der Waals surface area contributed by atoms with Gasteiger partial charge in [0.15, 0.2) is 34.9 Å².